The van der Waals surface area contributed by atoms with E-state index in [1.54, 1.807) is 12.0 Å². The SMILES string of the molecule is COc1ccc(CN2C[C@@H](C(=O)N3CCC[C@H]3C(=O)O)CC2=O)cc1. The lowest BCUT2D eigenvalue weighted by Crippen LogP contribution is -2.44. The molecular formula is C18H22N2O5. The van der Waals surface area contributed by atoms with Gasteiger partial charge in [-0.3, -0.25) is 9.59 Å². The van der Waals surface area contributed by atoms with Gasteiger partial charge in [-0.2, -0.15) is 0 Å². The summed E-state index contributed by atoms with van der Waals surface area (Å²) in [6.07, 6.45) is 1.33. The smallest absolute Gasteiger partial charge is 0.326 e. The summed E-state index contributed by atoms with van der Waals surface area (Å²) in [6.45, 7) is 1.24. The fourth-order valence-corrected chi connectivity index (χ4v) is 3.56. The van der Waals surface area contributed by atoms with Gasteiger partial charge in [0.25, 0.3) is 0 Å². The molecule has 0 unspecified atom stereocenters. The first kappa shape index (κ1) is 17.3. The molecule has 2 saturated heterocycles. The van der Waals surface area contributed by atoms with Crippen molar-refractivity contribution in [2.75, 3.05) is 20.2 Å². The molecule has 7 nitrogen and oxygen atoms in total. The summed E-state index contributed by atoms with van der Waals surface area (Å²) in [5.41, 5.74) is 0.965. The summed E-state index contributed by atoms with van der Waals surface area (Å²) in [4.78, 5) is 39.3. The Labute approximate surface area is 146 Å². The summed E-state index contributed by atoms with van der Waals surface area (Å²) >= 11 is 0. The van der Waals surface area contributed by atoms with E-state index in [4.69, 9.17) is 4.74 Å². The average Bonchev–Trinajstić information content (AvgIpc) is 3.22. The molecule has 0 bridgehead atoms. The van der Waals surface area contributed by atoms with Crippen LogP contribution in [0.5, 0.6) is 5.75 Å². The van der Waals surface area contributed by atoms with Gasteiger partial charge in [0.05, 0.1) is 13.0 Å². The van der Waals surface area contributed by atoms with Gasteiger partial charge in [-0.1, -0.05) is 12.1 Å². The van der Waals surface area contributed by atoms with Crippen LogP contribution in [-0.4, -0.2) is 58.9 Å². The number of hydrogen-bond acceptors (Lipinski definition) is 4. The molecule has 0 saturated carbocycles. The summed E-state index contributed by atoms with van der Waals surface area (Å²) in [5.74, 6) is -0.954. The van der Waals surface area contributed by atoms with Crippen molar-refractivity contribution in [1.82, 2.24) is 9.80 Å². The maximum Gasteiger partial charge on any atom is 0.326 e. The first-order valence-corrected chi connectivity index (χ1v) is 8.43. The van der Waals surface area contributed by atoms with Crippen molar-refractivity contribution in [1.29, 1.82) is 0 Å². The topological polar surface area (TPSA) is 87.2 Å². The van der Waals surface area contributed by atoms with Gasteiger partial charge in [0.15, 0.2) is 0 Å². The Kier molecular flexibility index (Phi) is 4.92. The largest absolute Gasteiger partial charge is 0.497 e. The Balaban J connectivity index is 1.63. The fraction of sp³-hybridized carbons (Fsp3) is 0.500. The van der Waals surface area contributed by atoms with Crippen molar-refractivity contribution >= 4 is 17.8 Å². The number of amides is 2. The van der Waals surface area contributed by atoms with Gasteiger partial charge in [0, 0.05) is 26.1 Å². The third-order valence-electron chi connectivity index (χ3n) is 4.92. The first-order valence-electron chi connectivity index (χ1n) is 8.43. The molecule has 7 heteroatoms. The quantitative estimate of drug-likeness (QED) is 0.863. The molecule has 0 aromatic heterocycles. The minimum absolute atomic E-state index is 0.0692. The van der Waals surface area contributed by atoms with Crippen LogP contribution in [-0.2, 0) is 20.9 Å². The van der Waals surface area contributed by atoms with Crippen molar-refractivity contribution in [3.8, 4) is 5.75 Å². The number of aliphatic carboxylic acids is 1. The van der Waals surface area contributed by atoms with Crippen LogP contribution in [0.3, 0.4) is 0 Å². The van der Waals surface area contributed by atoms with Crippen LogP contribution < -0.4 is 4.74 Å². The molecule has 134 valence electrons. The number of carbonyl (C=O) groups excluding carboxylic acids is 2. The molecule has 2 atom stereocenters. The molecule has 2 fully saturated rings. The first-order chi connectivity index (χ1) is 12.0. The van der Waals surface area contributed by atoms with Gasteiger partial charge in [0.2, 0.25) is 11.8 Å². The standard InChI is InChI=1S/C18H22N2O5/c1-25-14-6-4-12(5-7-14)10-19-11-13(9-16(19)21)17(22)20-8-2-3-15(20)18(23)24/h4-7,13,15H,2-3,8-11H2,1H3,(H,23,24)/t13-,15-/m0/s1. The van der Waals surface area contributed by atoms with Crippen LogP contribution in [0.1, 0.15) is 24.8 Å². The van der Waals surface area contributed by atoms with Crippen LogP contribution in [0.4, 0.5) is 0 Å². The zero-order chi connectivity index (χ0) is 18.0. The zero-order valence-corrected chi connectivity index (χ0v) is 14.2. The van der Waals surface area contributed by atoms with Crippen molar-refractivity contribution < 1.29 is 24.2 Å². The number of carbonyl (C=O) groups is 3. The summed E-state index contributed by atoms with van der Waals surface area (Å²) < 4.78 is 5.12. The van der Waals surface area contributed by atoms with E-state index < -0.39 is 17.9 Å². The number of methoxy groups -OCH3 is 1. The van der Waals surface area contributed by atoms with Gasteiger partial charge in [0.1, 0.15) is 11.8 Å². The lowest BCUT2D eigenvalue weighted by Gasteiger charge is -2.24. The van der Waals surface area contributed by atoms with Gasteiger partial charge in [-0.05, 0) is 30.5 Å². The minimum atomic E-state index is -0.967. The fourth-order valence-electron chi connectivity index (χ4n) is 3.56. The molecular weight excluding hydrogens is 324 g/mol. The molecule has 1 aromatic rings. The van der Waals surface area contributed by atoms with E-state index in [0.29, 0.717) is 32.5 Å². The van der Waals surface area contributed by atoms with Crippen LogP contribution in [0.2, 0.25) is 0 Å². The van der Waals surface area contributed by atoms with Gasteiger partial charge in [-0.15, -0.1) is 0 Å². The molecule has 1 aromatic carbocycles. The Hall–Kier alpha value is -2.57. The average molecular weight is 346 g/mol. The normalized spacial score (nSPS) is 23.2. The third-order valence-corrected chi connectivity index (χ3v) is 4.92. The second-order valence-corrected chi connectivity index (χ2v) is 6.55. The molecule has 2 aliphatic heterocycles. The molecule has 25 heavy (non-hydrogen) atoms. The molecule has 0 aliphatic carbocycles. The third kappa shape index (κ3) is 3.60. The molecule has 2 amide bonds. The predicted octanol–water partition coefficient (Wildman–Crippen LogP) is 1.12. The van der Waals surface area contributed by atoms with Crippen molar-refractivity contribution in [2.45, 2.75) is 31.8 Å². The number of ether oxygens (including phenoxy) is 1. The van der Waals surface area contributed by atoms with E-state index in [2.05, 4.69) is 0 Å². The predicted molar refractivity (Wildman–Crippen MR) is 88.9 cm³/mol. The highest BCUT2D eigenvalue weighted by Gasteiger charge is 2.41. The number of rotatable bonds is 5. The maximum atomic E-state index is 12.7. The Bertz CT molecular complexity index is 673. The number of likely N-dealkylation sites (tertiary alicyclic amines) is 2. The molecule has 3 rings (SSSR count). The van der Waals surface area contributed by atoms with E-state index in [1.165, 1.54) is 4.90 Å². The van der Waals surface area contributed by atoms with Crippen molar-refractivity contribution in [3.63, 3.8) is 0 Å². The van der Waals surface area contributed by atoms with Crippen LogP contribution in [0, 0.1) is 5.92 Å². The number of benzene rings is 1. The van der Waals surface area contributed by atoms with Gasteiger partial charge >= 0.3 is 5.97 Å². The van der Waals surface area contributed by atoms with E-state index >= 15 is 0 Å². The van der Waals surface area contributed by atoms with Gasteiger partial charge in [-0.25, -0.2) is 4.79 Å². The van der Waals surface area contributed by atoms with E-state index in [1.807, 2.05) is 24.3 Å². The molecule has 0 spiro atoms. The zero-order valence-electron chi connectivity index (χ0n) is 14.2. The number of hydrogen-bond donors (Lipinski definition) is 1. The second kappa shape index (κ2) is 7.13. The van der Waals surface area contributed by atoms with Gasteiger partial charge < -0.3 is 19.6 Å². The Morgan fingerprint density at radius 2 is 2.00 bits per heavy atom. The van der Waals surface area contributed by atoms with Crippen molar-refractivity contribution in [2.24, 2.45) is 5.92 Å². The minimum Gasteiger partial charge on any atom is -0.497 e. The number of nitrogens with zero attached hydrogens (tertiary/aromatic N) is 2. The van der Waals surface area contributed by atoms with E-state index in [-0.39, 0.29) is 18.2 Å². The van der Waals surface area contributed by atoms with Crippen LogP contribution in [0.15, 0.2) is 24.3 Å². The Morgan fingerprint density at radius 3 is 2.64 bits per heavy atom. The van der Waals surface area contributed by atoms with Crippen LogP contribution >= 0.6 is 0 Å². The van der Waals surface area contributed by atoms with Crippen LogP contribution in [0.25, 0.3) is 0 Å². The second-order valence-electron chi connectivity index (χ2n) is 6.55. The monoisotopic (exact) mass is 346 g/mol. The highest BCUT2D eigenvalue weighted by atomic mass is 16.5. The van der Waals surface area contributed by atoms with E-state index in [0.717, 1.165) is 11.3 Å². The number of carboxylic acid groups (broad SMARTS) is 1. The Morgan fingerprint density at radius 1 is 1.28 bits per heavy atom. The molecule has 1 N–H and O–H groups in total. The lowest BCUT2D eigenvalue weighted by atomic mass is 10.1. The highest BCUT2D eigenvalue weighted by molar-refractivity contribution is 5.91. The lowest BCUT2D eigenvalue weighted by molar-refractivity contribution is -0.149. The summed E-state index contributed by atoms with van der Waals surface area (Å²) in [7, 11) is 1.60. The molecule has 2 heterocycles. The van der Waals surface area contributed by atoms with E-state index in [9.17, 15) is 19.5 Å². The summed E-state index contributed by atoms with van der Waals surface area (Å²) in [5, 5.41) is 9.24. The summed E-state index contributed by atoms with van der Waals surface area (Å²) in [6, 6.07) is 6.70. The van der Waals surface area contributed by atoms with Crippen molar-refractivity contribution in [3.05, 3.63) is 29.8 Å². The number of carboxylic acids is 1. The highest BCUT2D eigenvalue weighted by Crippen LogP contribution is 2.26. The molecule has 0 radical (unpaired) electrons. The molecule has 2 aliphatic rings. The maximum absolute atomic E-state index is 12.7.